The number of rotatable bonds is 4. The summed E-state index contributed by atoms with van der Waals surface area (Å²) in [5.74, 6) is -1.10. The summed E-state index contributed by atoms with van der Waals surface area (Å²) in [7, 11) is 0. The van der Waals surface area contributed by atoms with Crippen molar-refractivity contribution in [2.24, 2.45) is 0 Å². The topological polar surface area (TPSA) is 89.9 Å². The summed E-state index contributed by atoms with van der Waals surface area (Å²) in [6, 6.07) is 2.26. The van der Waals surface area contributed by atoms with Crippen molar-refractivity contribution in [3.8, 4) is 0 Å². The number of aliphatic hydroxyl groups excluding tert-OH is 1. The number of nitrogens with one attached hydrogen (secondary N) is 1. The van der Waals surface area contributed by atoms with Crippen LogP contribution in [0, 0.1) is 0 Å². The van der Waals surface area contributed by atoms with Gasteiger partial charge < -0.3 is 20.4 Å². The van der Waals surface area contributed by atoms with Crippen LogP contribution in [0.2, 0.25) is 4.34 Å². The van der Waals surface area contributed by atoms with Crippen LogP contribution in [0.25, 0.3) is 0 Å². The zero-order valence-corrected chi connectivity index (χ0v) is 12.2. The number of urea groups is 1. The van der Waals surface area contributed by atoms with Gasteiger partial charge in [-0.15, -0.1) is 11.3 Å². The fraction of sp³-hybridized carbons (Fsp3) is 0.500. The third-order valence-corrected chi connectivity index (χ3v) is 4.39. The van der Waals surface area contributed by atoms with E-state index >= 15 is 0 Å². The largest absolute Gasteiger partial charge is 0.480 e. The molecule has 1 aromatic rings. The first-order valence-electron chi connectivity index (χ1n) is 6.17. The maximum atomic E-state index is 11.9. The normalized spacial score (nSPS) is 22.0. The van der Waals surface area contributed by atoms with Gasteiger partial charge in [-0.2, -0.15) is 0 Å². The first-order valence-corrected chi connectivity index (χ1v) is 7.36. The van der Waals surface area contributed by atoms with E-state index in [2.05, 4.69) is 5.32 Å². The van der Waals surface area contributed by atoms with E-state index in [9.17, 15) is 14.7 Å². The Kier molecular flexibility index (Phi) is 4.85. The lowest BCUT2D eigenvalue weighted by Crippen LogP contribution is -2.46. The number of hydrogen-bond acceptors (Lipinski definition) is 4. The van der Waals surface area contributed by atoms with Crippen molar-refractivity contribution in [2.45, 2.75) is 25.0 Å². The lowest BCUT2D eigenvalue weighted by molar-refractivity contribution is -0.141. The molecule has 1 aliphatic rings. The van der Waals surface area contributed by atoms with Crippen LogP contribution in [0.4, 0.5) is 4.79 Å². The highest BCUT2D eigenvalue weighted by atomic mass is 35.5. The van der Waals surface area contributed by atoms with E-state index in [1.165, 1.54) is 11.3 Å². The summed E-state index contributed by atoms with van der Waals surface area (Å²) in [6.07, 6.45) is -0.0708. The zero-order chi connectivity index (χ0) is 14.7. The van der Waals surface area contributed by atoms with Gasteiger partial charge in [-0.25, -0.2) is 9.59 Å². The van der Waals surface area contributed by atoms with Gasteiger partial charge in [-0.1, -0.05) is 11.6 Å². The first-order chi connectivity index (χ1) is 9.47. The molecule has 0 aromatic carbocycles. The smallest absolute Gasteiger partial charge is 0.326 e. The molecule has 2 rings (SSSR count). The van der Waals surface area contributed by atoms with Gasteiger partial charge in [0.25, 0.3) is 0 Å². The van der Waals surface area contributed by atoms with Gasteiger partial charge in [0, 0.05) is 24.4 Å². The third kappa shape index (κ3) is 3.62. The third-order valence-electron chi connectivity index (χ3n) is 3.10. The Bertz CT molecular complexity index is 507. The highest BCUT2D eigenvalue weighted by molar-refractivity contribution is 7.16. The molecule has 2 heterocycles. The van der Waals surface area contributed by atoms with Crippen LogP contribution in [0.1, 0.15) is 11.3 Å². The number of carbonyl (C=O) groups excluding carboxylic acids is 1. The van der Waals surface area contributed by atoms with Crippen molar-refractivity contribution in [1.82, 2.24) is 10.2 Å². The molecule has 2 amide bonds. The molecule has 1 unspecified atom stereocenters. The Morgan fingerprint density at radius 2 is 2.25 bits per heavy atom. The maximum absolute atomic E-state index is 11.9. The van der Waals surface area contributed by atoms with Crippen molar-refractivity contribution in [2.75, 3.05) is 13.1 Å². The Labute approximate surface area is 125 Å². The average molecular weight is 319 g/mol. The predicted octanol–water partition coefficient (Wildman–Crippen LogP) is 1.17. The molecule has 0 radical (unpaired) electrons. The summed E-state index contributed by atoms with van der Waals surface area (Å²) in [5.41, 5.74) is 0. The molecule has 20 heavy (non-hydrogen) atoms. The number of amides is 2. The number of nitrogens with zero attached hydrogens (tertiary/aromatic N) is 1. The van der Waals surface area contributed by atoms with Crippen LogP contribution in [0.5, 0.6) is 0 Å². The van der Waals surface area contributed by atoms with Gasteiger partial charge in [-0.3, -0.25) is 0 Å². The molecule has 0 bridgehead atoms. The Morgan fingerprint density at radius 3 is 2.85 bits per heavy atom. The molecular weight excluding hydrogens is 304 g/mol. The first kappa shape index (κ1) is 15.1. The van der Waals surface area contributed by atoms with E-state index < -0.39 is 24.1 Å². The SMILES string of the molecule is O=C(O)[C@@H]1CC(O)CN1C(=O)NCCc1ccc(Cl)s1. The molecule has 3 N–H and O–H groups in total. The molecule has 8 heteroatoms. The number of likely N-dealkylation sites (tertiary alicyclic amines) is 1. The standard InChI is InChI=1S/C12H15ClN2O4S/c13-10-2-1-8(20-10)3-4-14-12(19)15-6-7(16)5-9(15)11(17)18/h1-2,7,9,16H,3-6H2,(H,14,19)(H,17,18)/t7?,9-/m0/s1. The van der Waals surface area contributed by atoms with E-state index in [-0.39, 0.29) is 13.0 Å². The number of carboxylic acid groups (broad SMARTS) is 1. The number of carbonyl (C=O) groups is 2. The number of carboxylic acids is 1. The van der Waals surface area contributed by atoms with Crippen LogP contribution in [0.15, 0.2) is 12.1 Å². The van der Waals surface area contributed by atoms with Crippen molar-refractivity contribution in [3.05, 3.63) is 21.3 Å². The molecule has 1 aromatic heterocycles. The summed E-state index contributed by atoms with van der Waals surface area (Å²) < 4.78 is 0.694. The van der Waals surface area contributed by atoms with Crippen molar-refractivity contribution in [3.63, 3.8) is 0 Å². The van der Waals surface area contributed by atoms with Gasteiger partial charge in [-0.05, 0) is 18.6 Å². The van der Waals surface area contributed by atoms with Crippen LogP contribution < -0.4 is 5.32 Å². The van der Waals surface area contributed by atoms with Crippen LogP contribution in [-0.4, -0.2) is 52.3 Å². The van der Waals surface area contributed by atoms with E-state index in [4.69, 9.17) is 16.7 Å². The lowest BCUT2D eigenvalue weighted by Gasteiger charge is -2.21. The highest BCUT2D eigenvalue weighted by Crippen LogP contribution is 2.21. The van der Waals surface area contributed by atoms with Crippen molar-refractivity contribution >= 4 is 34.9 Å². The second kappa shape index (κ2) is 6.43. The van der Waals surface area contributed by atoms with E-state index in [1.807, 2.05) is 6.07 Å². The summed E-state index contributed by atoms with van der Waals surface area (Å²) in [4.78, 5) is 25.1. The van der Waals surface area contributed by atoms with Crippen LogP contribution in [0.3, 0.4) is 0 Å². The number of aliphatic hydroxyl groups is 1. The molecule has 0 aliphatic carbocycles. The molecule has 1 aliphatic heterocycles. The molecule has 2 atom stereocenters. The van der Waals surface area contributed by atoms with Gasteiger partial charge in [0.1, 0.15) is 6.04 Å². The van der Waals surface area contributed by atoms with Crippen LogP contribution in [-0.2, 0) is 11.2 Å². The predicted molar refractivity (Wildman–Crippen MR) is 75.2 cm³/mol. The second-order valence-electron chi connectivity index (χ2n) is 4.58. The number of thiophene rings is 1. The number of aliphatic carboxylic acids is 1. The molecule has 1 fully saturated rings. The maximum Gasteiger partial charge on any atom is 0.326 e. The molecule has 0 spiro atoms. The summed E-state index contributed by atoms with van der Waals surface area (Å²) >= 11 is 7.25. The number of hydrogen-bond donors (Lipinski definition) is 3. The Balaban J connectivity index is 1.83. The minimum absolute atomic E-state index is 0.0492. The molecular formula is C12H15ClN2O4S. The Hall–Kier alpha value is -1.31. The monoisotopic (exact) mass is 318 g/mol. The zero-order valence-electron chi connectivity index (χ0n) is 10.6. The summed E-state index contributed by atoms with van der Waals surface area (Å²) in [6.45, 7) is 0.447. The minimum Gasteiger partial charge on any atom is -0.480 e. The Morgan fingerprint density at radius 1 is 1.50 bits per heavy atom. The number of β-amino-alcohol motifs (C(OH)–C–C–N with tert-alkyl or cyclic N) is 1. The van der Waals surface area contributed by atoms with E-state index in [0.717, 1.165) is 9.78 Å². The fourth-order valence-electron chi connectivity index (χ4n) is 2.15. The molecule has 0 saturated carbocycles. The van der Waals surface area contributed by atoms with Gasteiger partial charge in [0.05, 0.1) is 10.4 Å². The highest BCUT2D eigenvalue weighted by Gasteiger charge is 2.38. The molecule has 110 valence electrons. The van der Waals surface area contributed by atoms with Crippen molar-refractivity contribution in [1.29, 1.82) is 0 Å². The second-order valence-corrected chi connectivity index (χ2v) is 6.38. The average Bonchev–Trinajstić information content (AvgIpc) is 2.95. The van der Waals surface area contributed by atoms with E-state index in [0.29, 0.717) is 17.3 Å². The summed E-state index contributed by atoms with van der Waals surface area (Å²) in [5, 5.41) is 21.2. The molecule has 1 saturated heterocycles. The van der Waals surface area contributed by atoms with Crippen LogP contribution >= 0.6 is 22.9 Å². The minimum atomic E-state index is -1.10. The fourth-order valence-corrected chi connectivity index (χ4v) is 3.24. The molecule has 6 nitrogen and oxygen atoms in total. The van der Waals surface area contributed by atoms with Gasteiger partial charge in [0.2, 0.25) is 0 Å². The number of halogens is 1. The van der Waals surface area contributed by atoms with Gasteiger partial charge in [0.15, 0.2) is 0 Å². The van der Waals surface area contributed by atoms with Gasteiger partial charge >= 0.3 is 12.0 Å². The lowest BCUT2D eigenvalue weighted by atomic mass is 10.2. The quantitative estimate of drug-likeness (QED) is 0.777. The van der Waals surface area contributed by atoms with Crippen molar-refractivity contribution < 1.29 is 19.8 Å². The van der Waals surface area contributed by atoms with E-state index in [1.54, 1.807) is 6.07 Å².